The van der Waals surface area contributed by atoms with Gasteiger partial charge in [-0.2, -0.15) is 0 Å². The Morgan fingerprint density at radius 1 is 1.04 bits per heavy atom. The number of anilines is 1. The molecule has 0 aliphatic carbocycles. The lowest BCUT2D eigenvalue weighted by Gasteiger charge is -2.36. The third kappa shape index (κ3) is 5.41. The van der Waals surface area contributed by atoms with Crippen LogP contribution in [0, 0.1) is 6.92 Å². The molecule has 0 saturated carbocycles. The molecule has 0 spiro atoms. The van der Waals surface area contributed by atoms with Gasteiger partial charge in [0, 0.05) is 73.1 Å². The van der Waals surface area contributed by atoms with Crippen LogP contribution in [0.4, 0.5) is 5.69 Å². The molecule has 1 fully saturated rings. The second kappa shape index (κ2) is 8.92. The summed E-state index contributed by atoms with van der Waals surface area (Å²) < 4.78 is 0. The van der Waals surface area contributed by atoms with E-state index in [1.807, 2.05) is 28.2 Å². The third-order valence-electron chi connectivity index (χ3n) is 4.42. The largest absolute Gasteiger partial charge is 0.369 e. The van der Waals surface area contributed by atoms with Crippen molar-refractivity contribution in [1.29, 1.82) is 0 Å². The lowest BCUT2D eigenvalue weighted by atomic mass is 10.2. The van der Waals surface area contributed by atoms with Crippen molar-refractivity contribution >= 4 is 11.6 Å². The summed E-state index contributed by atoms with van der Waals surface area (Å²) in [6.07, 6.45) is 1.12. The number of piperazine rings is 1. The summed E-state index contributed by atoms with van der Waals surface area (Å²) in [5.74, 6) is 1.04. The van der Waals surface area contributed by atoms with Gasteiger partial charge < -0.3 is 14.7 Å². The molecule has 1 aromatic carbocycles. The lowest BCUT2D eigenvalue weighted by Crippen LogP contribution is -2.46. The number of benzene rings is 1. The average molecular weight is 332 g/mol. The summed E-state index contributed by atoms with van der Waals surface area (Å²) in [6.45, 7) is 8.72. The highest BCUT2D eigenvalue weighted by molar-refractivity contribution is 5.79. The minimum Gasteiger partial charge on any atom is -0.369 e. The zero-order valence-electron chi connectivity index (χ0n) is 16.0. The number of guanidine groups is 1. The number of nitrogens with zero attached hydrogens (tertiary/aromatic N) is 5. The van der Waals surface area contributed by atoms with Crippen LogP contribution in [0.2, 0.25) is 0 Å². The zero-order valence-corrected chi connectivity index (χ0v) is 16.0. The standard InChI is InChI=1S/C19H33N5/c1-17-8-6-9-18(16-17)24-14-12-23(13-15-24)11-7-10-20-19(21(2)3)22(4)5/h6,8-9,16H,7,10-15H2,1-5H3. The van der Waals surface area contributed by atoms with Crippen LogP contribution < -0.4 is 4.90 Å². The molecule has 134 valence electrons. The molecule has 0 N–H and O–H groups in total. The van der Waals surface area contributed by atoms with E-state index in [1.165, 1.54) is 11.3 Å². The first kappa shape index (κ1) is 18.6. The maximum atomic E-state index is 4.71. The summed E-state index contributed by atoms with van der Waals surface area (Å²) in [7, 11) is 8.18. The Morgan fingerprint density at radius 2 is 1.71 bits per heavy atom. The van der Waals surface area contributed by atoms with Crippen LogP contribution >= 0.6 is 0 Å². The number of hydrogen-bond acceptors (Lipinski definition) is 3. The molecule has 0 bridgehead atoms. The van der Waals surface area contributed by atoms with E-state index in [0.29, 0.717) is 0 Å². The summed E-state index contributed by atoms with van der Waals surface area (Å²) in [5.41, 5.74) is 2.70. The normalized spacial score (nSPS) is 15.3. The predicted molar refractivity (Wildman–Crippen MR) is 104 cm³/mol. The molecule has 0 aromatic heterocycles. The molecule has 1 aliphatic heterocycles. The van der Waals surface area contributed by atoms with E-state index >= 15 is 0 Å². The molecule has 0 amide bonds. The molecule has 0 radical (unpaired) electrons. The highest BCUT2D eigenvalue weighted by Gasteiger charge is 2.16. The Bertz CT molecular complexity index is 520. The van der Waals surface area contributed by atoms with Gasteiger partial charge in [-0.05, 0) is 31.0 Å². The van der Waals surface area contributed by atoms with Gasteiger partial charge in [0.05, 0.1) is 0 Å². The molecule has 1 aliphatic rings. The molecule has 5 nitrogen and oxygen atoms in total. The number of hydrogen-bond donors (Lipinski definition) is 0. The minimum absolute atomic E-state index is 0.893. The van der Waals surface area contributed by atoms with Crippen LogP contribution in [0.15, 0.2) is 29.3 Å². The molecule has 1 saturated heterocycles. The quantitative estimate of drug-likeness (QED) is 0.468. The van der Waals surface area contributed by atoms with E-state index in [2.05, 4.69) is 50.8 Å². The van der Waals surface area contributed by atoms with Crippen molar-refractivity contribution < 1.29 is 0 Å². The molecule has 0 atom stereocenters. The molecule has 1 heterocycles. The summed E-state index contributed by atoms with van der Waals surface area (Å²) in [4.78, 5) is 13.9. The first-order chi connectivity index (χ1) is 11.5. The highest BCUT2D eigenvalue weighted by atomic mass is 15.3. The van der Waals surface area contributed by atoms with Gasteiger partial charge in [-0.15, -0.1) is 0 Å². The van der Waals surface area contributed by atoms with E-state index in [1.54, 1.807) is 0 Å². The molecule has 2 rings (SSSR count). The van der Waals surface area contributed by atoms with Gasteiger partial charge in [0.1, 0.15) is 0 Å². The highest BCUT2D eigenvalue weighted by Crippen LogP contribution is 2.17. The summed E-state index contributed by atoms with van der Waals surface area (Å²) >= 11 is 0. The minimum atomic E-state index is 0.893. The van der Waals surface area contributed by atoms with Crippen molar-refractivity contribution in [3.8, 4) is 0 Å². The van der Waals surface area contributed by atoms with E-state index in [4.69, 9.17) is 4.99 Å². The molecule has 5 heteroatoms. The molecule has 0 unspecified atom stereocenters. The molecular weight excluding hydrogens is 298 g/mol. The van der Waals surface area contributed by atoms with Gasteiger partial charge in [0.25, 0.3) is 0 Å². The van der Waals surface area contributed by atoms with Gasteiger partial charge in [0.2, 0.25) is 0 Å². The SMILES string of the molecule is Cc1cccc(N2CCN(CCCN=C(N(C)C)N(C)C)CC2)c1. The van der Waals surface area contributed by atoms with Gasteiger partial charge in [-0.3, -0.25) is 9.89 Å². The number of aliphatic imine (C=N–C) groups is 1. The van der Waals surface area contributed by atoms with Crippen LogP contribution in [0.3, 0.4) is 0 Å². The number of aryl methyl sites for hydroxylation is 1. The molecule has 1 aromatic rings. The molecular formula is C19H33N5. The second-order valence-corrected chi connectivity index (χ2v) is 6.99. The van der Waals surface area contributed by atoms with E-state index in [-0.39, 0.29) is 0 Å². The third-order valence-corrected chi connectivity index (χ3v) is 4.42. The van der Waals surface area contributed by atoms with Crippen LogP contribution in [0.1, 0.15) is 12.0 Å². The van der Waals surface area contributed by atoms with Crippen LogP contribution in [0.5, 0.6) is 0 Å². The Hall–Kier alpha value is -1.75. The van der Waals surface area contributed by atoms with Crippen molar-refractivity contribution in [3.05, 3.63) is 29.8 Å². The lowest BCUT2D eigenvalue weighted by molar-refractivity contribution is 0.256. The van der Waals surface area contributed by atoms with Gasteiger partial charge in [-0.25, -0.2) is 0 Å². The van der Waals surface area contributed by atoms with Gasteiger partial charge in [-0.1, -0.05) is 12.1 Å². The van der Waals surface area contributed by atoms with Crippen molar-refractivity contribution in [2.45, 2.75) is 13.3 Å². The van der Waals surface area contributed by atoms with Gasteiger partial charge in [0.15, 0.2) is 5.96 Å². The first-order valence-corrected chi connectivity index (χ1v) is 8.90. The van der Waals surface area contributed by atoms with Crippen molar-refractivity contribution in [2.75, 3.05) is 72.4 Å². The number of rotatable bonds is 5. The summed E-state index contributed by atoms with van der Waals surface area (Å²) in [6, 6.07) is 8.83. The Morgan fingerprint density at radius 3 is 2.29 bits per heavy atom. The van der Waals surface area contributed by atoms with Crippen LogP contribution in [0.25, 0.3) is 0 Å². The maximum Gasteiger partial charge on any atom is 0.195 e. The Kier molecular flexibility index (Phi) is 6.91. The fourth-order valence-electron chi connectivity index (χ4n) is 3.21. The topological polar surface area (TPSA) is 25.3 Å². The van der Waals surface area contributed by atoms with Crippen LogP contribution in [-0.4, -0.2) is 88.1 Å². The maximum absolute atomic E-state index is 4.71. The Balaban J connectivity index is 1.73. The fourth-order valence-corrected chi connectivity index (χ4v) is 3.21. The molecule has 24 heavy (non-hydrogen) atoms. The first-order valence-electron chi connectivity index (χ1n) is 8.90. The van der Waals surface area contributed by atoms with E-state index in [9.17, 15) is 0 Å². The van der Waals surface area contributed by atoms with E-state index < -0.39 is 0 Å². The van der Waals surface area contributed by atoms with Crippen LogP contribution in [-0.2, 0) is 0 Å². The van der Waals surface area contributed by atoms with Crippen molar-refractivity contribution in [3.63, 3.8) is 0 Å². The van der Waals surface area contributed by atoms with Gasteiger partial charge >= 0.3 is 0 Å². The second-order valence-electron chi connectivity index (χ2n) is 6.99. The Labute approximate surface area is 147 Å². The fraction of sp³-hybridized carbons (Fsp3) is 0.632. The predicted octanol–water partition coefficient (Wildman–Crippen LogP) is 1.99. The monoisotopic (exact) mass is 331 g/mol. The van der Waals surface area contributed by atoms with Crippen molar-refractivity contribution in [2.24, 2.45) is 4.99 Å². The summed E-state index contributed by atoms with van der Waals surface area (Å²) in [5, 5.41) is 0. The van der Waals surface area contributed by atoms with Crippen molar-refractivity contribution in [1.82, 2.24) is 14.7 Å². The average Bonchev–Trinajstić information content (AvgIpc) is 2.54. The smallest absolute Gasteiger partial charge is 0.195 e. The zero-order chi connectivity index (χ0) is 17.5. The van der Waals surface area contributed by atoms with E-state index in [0.717, 1.165) is 51.6 Å².